The second-order valence-corrected chi connectivity index (χ2v) is 9.32. The number of hydrogen-bond donors (Lipinski definition) is 0. The second-order valence-electron chi connectivity index (χ2n) is 9.32. The SMILES string of the molecule is Cc1cc[c-]c(-n2ccc(N(c3cccc(-c4[c-]ccc(C(F)(F)F)c4)n3)c3c(C)cc(C)cc3C)n2)c1.[Pt+2]. The Kier molecular flexibility index (Phi) is 8.12. The summed E-state index contributed by atoms with van der Waals surface area (Å²) in [5, 5.41) is 4.84. The zero-order chi connectivity index (χ0) is 27.0. The van der Waals surface area contributed by atoms with Crippen LogP contribution in [-0.2, 0) is 27.2 Å². The van der Waals surface area contributed by atoms with Crippen LogP contribution < -0.4 is 4.90 Å². The fourth-order valence-electron chi connectivity index (χ4n) is 4.62. The predicted molar refractivity (Wildman–Crippen MR) is 143 cm³/mol. The van der Waals surface area contributed by atoms with Crippen molar-refractivity contribution in [3.63, 3.8) is 0 Å². The summed E-state index contributed by atoms with van der Waals surface area (Å²) in [5.74, 6) is 1.15. The number of pyridine rings is 1. The number of alkyl halides is 3. The molecule has 0 bridgehead atoms. The zero-order valence-electron chi connectivity index (χ0n) is 21.7. The molecule has 0 saturated carbocycles. The molecule has 0 unspecified atom stereocenters. The standard InChI is InChI=1S/C31H25F3N4.Pt/c1-20-8-5-11-26(18-20)37-15-14-29(36-37)38(30-22(3)16-21(2)17-23(30)4)28-13-7-12-27(35-28)24-9-6-10-25(19-24)31(32,33)34;/h5-8,10,12-19H,1-4H3;/q-2;+2. The molecule has 0 aliphatic heterocycles. The molecule has 8 heteroatoms. The van der Waals surface area contributed by atoms with E-state index >= 15 is 0 Å². The van der Waals surface area contributed by atoms with Crippen molar-refractivity contribution in [2.75, 3.05) is 4.90 Å². The van der Waals surface area contributed by atoms with Crippen molar-refractivity contribution < 1.29 is 34.2 Å². The molecule has 4 nitrogen and oxygen atoms in total. The number of hydrogen-bond acceptors (Lipinski definition) is 3. The van der Waals surface area contributed by atoms with Gasteiger partial charge in [-0.05, 0) is 54.9 Å². The molecular formula is C31H25F3N4Pt. The van der Waals surface area contributed by atoms with Crippen molar-refractivity contribution in [2.45, 2.75) is 33.9 Å². The molecule has 0 N–H and O–H groups in total. The van der Waals surface area contributed by atoms with Crippen LogP contribution >= 0.6 is 0 Å². The minimum absolute atomic E-state index is 0. The smallest absolute Gasteiger partial charge is 0.280 e. The molecule has 0 aliphatic carbocycles. The number of benzene rings is 3. The third-order valence-corrected chi connectivity index (χ3v) is 6.22. The van der Waals surface area contributed by atoms with Gasteiger partial charge in [0.05, 0.1) is 5.69 Å². The summed E-state index contributed by atoms with van der Waals surface area (Å²) < 4.78 is 41.8. The van der Waals surface area contributed by atoms with Gasteiger partial charge in [0.2, 0.25) is 0 Å². The van der Waals surface area contributed by atoms with E-state index in [2.05, 4.69) is 24.3 Å². The number of rotatable bonds is 5. The summed E-state index contributed by atoms with van der Waals surface area (Å²) >= 11 is 0. The van der Waals surface area contributed by atoms with E-state index in [1.165, 1.54) is 6.07 Å². The maximum Gasteiger partial charge on any atom is 2.00 e. The Morgan fingerprint density at radius 1 is 0.795 bits per heavy atom. The average Bonchev–Trinajstić information content (AvgIpc) is 3.36. The number of nitrogens with zero attached hydrogens (tertiary/aromatic N) is 4. The molecular weight excluding hydrogens is 680 g/mol. The van der Waals surface area contributed by atoms with Crippen LogP contribution in [0.5, 0.6) is 0 Å². The van der Waals surface area contributed by atoms with Gasteiger partial charge in [-0.15, -0.1) is 35.9 Å². The van der Waals surface area contributed by atoms with E-state index in [4.69, 9.17) is 10.1 Å². The molecule has 200 valence electrons. The Hall–Kier alpha value is -3.70. The molecule has 5 aromatic rings. The topological polar surface area (TPSA) is 34.0 Å². The molecule has 0 aliphatic rings. The molecule has 0 radical (unpaired) electrons. The normalized spacial score (nSPS) is 11.3. The van der Waals surface area contributed by atoms with Crippen LogP contribution in [0.15, 0.2) is 79.0 Å². The van der Waals surface area contributed by atoms with Crippen LogP contribution in [0.2, 0.25) is 0 Å². The quantitative estimate of drug-likeness (QED) is 0.173. The monoisotopic (exact) mass is 705 g/mol. The second kappa shape index (κ2) is 11.2. The van der Waals surface area contributed by atoms with Crippen molar-refractivity contribution >= 4 is 17.3 Å². The first-order valence-corrected chi connectivity index (χ1v) is 12.1. The zero-order valence-corrected chi connectivity index (χ0v) is 24.0. The van der Waals surface area contributed by atoms with Gasteiger partial charge in [-0.2, -0.15) is 42.0 Å². The Labute approximate surface area is 240 Å². The molecule has 0 spiro atoms. The van der Waals surface area contributed by atoms with Crippen LogP contribution in [0.3, 0.4) is 0 Å². The van der Waals surface area contributed by atoms with E-state index in [0.29, 0.717) is 17.3 Å². The largest absolute Gasteiger partial charge is 2.00 e. The van der Waals surface area contributed by atoms with Crippen LogP contribution in [0, 0.1) is 39.8 Å². The van der Waals surface area contributed by atoms with Crippen molar-refractivity contribution in [3.8, 4) is 16.9 Å². The predicted octanol–water partition coefficient (Wildman–Crippen LogP) is 8.25. The summed E-state index contributed by atoms with van der Waals surface area (Å²) in [6.45, 7) is 8.10. The number of halogens is 3. The van der Waals surface area contributed by atoms with Gasteiger partial charge in [0.1, 0.15) is 5.82 Å². The van der Waals surface area contributed by atoms with Gasteiger partial charge >= 0.3 is 27.2 Å². The fourth-order valence-corrected chi connectivity index (χ4v) is 4.62. The fraction of sp³-hybridized carbons (Fsp3) is 0.161. The van der Waals surface area contributed by atoms with Gasteiger partial charge in [0, 0.05) is 12.3 Å². The molecule has 0 amide bonds. The van der Waals surface area contributed by atoms with Gasteiger partial charge in [-0.25, -0.2) is 0 Å². The van der Waals surface area contributed by atoms with Gasteiger partial charge in [-0.3, -0.25) is 14.6 Å². The minimum Gasteiger partial charge on any atom is -0.280 e. The molecule has 2 aromatic heterocycles. The summed E-state index contributed by atoms with van der Waals surface area (Å²) in [4.78, 5) is 6.73. The molecule has 2 heterocycles. The summed E-state index contributed by atoms with van der Waals surface area (Å²) in [6, 6.07) is 26.6. The van der Waals surface area contributed by atoms with E-state index in [1.807, 2.05) is 69.1 Å². The third kappa shape index (κ3) is 5.99. The Bertz CT molecular complexity index is 1600. The van der Waals surface area contributed by atoms with E-state index in [-0.39, 0.29) is 26.6 Å². The first-order valence-electron chi connectivity index (χ1n) is 12.1. The maximum absolute atomic E-state index is 13.4. The first-order chi connectivity index (χ1) is 18.1. The van der Waals surface area contributed by atoms with Gasteiger partial charge < -0.3 is 0 Å². The van der Waals surface area contributed by atoms with Gasteiger partial charge in [-0.1, -0.05) is 36.8 Å². The van der Waals surface area contributed by atoms with E-state index < -0.39 is 11.7 Å². The molecule has 5 rings (SSSR count). The molecule has 3 aromatic carbocycles. The molecule has 0 fully saturated rings. The van der Waals surface area contributed by atoms with E-state index in [1.54, 1.807) is 16.8 Å². The van der Waals surface area contributed by atoms with Crippen molar-refractivity contribution in [1.29, 1.82) is 0 Å². The minimum atomic E-state index is -4.46. The van der Waals surface area contributed by atoms with Crippen molar-refractivity contribution in [2.24, 2.45) is 0 Å². The molecule has 0 saturated heterocycles. The first kappa shape index (κ1) is 28.3. The van der Waals surface area contributed by atoms with Crippen LogP contribution in [0.4, 0.5) is 30.5 Å². The van der Waals surface area contributed by atoms with Crippen molar-refractivity contribution in [3.05, 3.63) is 119 Å². The Morgan fingerprint density at radius 3 is 2.21 bits per heavy atom. The molecule has 39 heavy (non-hydrogen) atoms. The number of anilines is 3. The van der Waals surface area contributed by atoms with Crippen LogP contribution in [-0.4, -0.2) is 14.8 Å². The van der Waals surface area contributed by atoms with E-state index in [9.17, 15) is 13.2 Å². The van der Waals surface area contributed by atoms with Crippen molar-refractivity contribution in [1.82, 2.24) is 14.8 Å². The maximum atomic E-state index is 13.4. The van der Waals surface area contributed by atoms with Crippen LogP contribution in [0.25, 0.3) is 16.9 Å². The number of aromatic nitrogens is 3. The van der Waals surface area contributed by atoms with E-state index in [0.717, 1.165) is 45.8 Å². The van der Waals surface area contributed by atoms with Crippen LogP contribution in [0.1, 0.15) is 27.8 Å². The number of aryl methyl sites for hydroxylation is 4. The van der Waals surface area contributed by atoms with Gasteiger partial charge in [0.15, 0.2) is 5.82 Å². The Balaban J connectivity index is 0.00000353. The summed E-state index contributed by atoms with van der Waals surface area (Å²) in [5.41, 5.74) is 5.88. The van der Waals surface area contributed by atoms with Gasteiger partial charge in [0.25, 0.3) is 0 Å². The Morgan fingerprint density at radius 2 is 1.51 bits per heavy atom. The average molecular weight is 706 g/mol. The summed E-state index contributed by atoms with van der Waals surface area (Å²) in [7, 11) is 0. The third-order valence-electron chi connectivity index (χ3n) is 6.22. The molecule has 0 atom stereocenters. The summed E-state index contributed by atoms with van der Waals surface area (Å²) in [6.07, 6.45) is -2.60.